The Morgan fingerprint density at radius 2 is 1.93 bits per heavy atom. The molecule has 0 amide bonds. The average Bonchev–Trinajstić information content (AvgIpc) is 3.28. The molecule has 1 fully saturated rings. The van der Waals surface area contributed by atoms with Gasteiger partial charge in [-0.3, -0.25) is 0 Å². The van der Waals surface area contributed by atoms with E-state index in [-0.39, 0.29) is 12.0 Å². The Hall–Kier alpha value is -2.06. The molecule has 1 atom stereocenters. The van der Waals surface area contributed by atoms with E-state index in [0.29, 0.717) is 11.8 Å². The molecule has 7 nitrogen and oxygen atoms in total. The van der Waals surface area contributed by atoms with Crippen LogP contribution < -0.4 is 5.32 Å². The zero-order valence-corrected chi connectivity index (χ0v) is 17.0. The molecule has 0 unspecified atom stereocenters. The Labute approximate surface area is 162 Å². The Bertz CT molecular complexity index is 929. The predicted octanol–water partition coefficient (Wildman–Crippen LogP) is 4.39. The van der Waals surface area contributed by atoms with E-state index in [4.69, 9.17) is 14.2 Å². The second-order valence-electron chi connectivity index (χ2n) is 7.44. The van der Waals surface area contributed by atoms with E-state index in [9.17, 15) is 0 Å². The molecule has 144 valence electrons. The van der Waals surface area contributed by atoms with Crippen molar-refractivity contribution in [1.29, 1.82) is 0 Å². The van der Waals surface area contributed by atoms with Gasteiger partial charge in [0.25, 0.3) is 0 Å². The minimum atomic E-state index is -0.0919. The lowest BCUT2D eigenvalue weighted by Crippen LogP contribution is -2.28. The fourth-order valence-corrected chi connectivity index (χ4v) is 4.45. The predicted molar refractivity (Wildman–Crippen MR) is 105 cm³/mol. The molecule has 1 aliphatic heterocycles. The summed E-state index contributed by atoms with van der Waals surface area (Å²) < 4.78 is 11.2. The molecule has 4 heterocycles. The molecule has 3 aromatic rings. The number of aromatic nitrogens is 4. The van der Waals surface area contributed by atoms with Crippen LogP contribution >= 0.6 is 11.3 Å². The van der Waals surface area contributed by atoms with Crippen LogP contribution in [0.2, 0.25) is 0 Å². The Morgan fingerprint density at radius 1 is 1.15 bits per heavy atom. The second kappa shape index (κ2) is 7.52. The van der Waals surface area contributed by atoms with Crippen molar-refractivity contribution in [3.05, 3.63) is 28.5 Å². The smallest absolute Gasteiger partial charge is 0.249 e. The van der Waals surface area contributed by atoms with Gasteiger partial charge >= 0.3 is 0 Å². The van der Waals surface area contributed by atoms with Gasteiger partial charge in [-0.25, -0.2) is 9.97 Å². The monoisotopic (exact) mass is 387 g/mol. The quantitative estimate of drug-likeness (QED) is 0.694. The van der Waals surface area contributed by atoms with E-state index in [0.717, 1.165) is 53.7 Å². The van der Waals surface area contributed by atoms with Crippen molar-refractivity contribution < 1.29 is 9.26 Å². The molecule has 0 saturated carbocycles. The van der Waals surface area contributed by atoms with Gasteiger partial charge in [-0.15, -0.1) is 11.3 Å². The minimum absolute atomic E-state index is 0.0919. The highest BCUT2D eigenvalue weighted by atomic mass is 32.1. The fraction of sp³-hybridized carbons (Fsp3) is 0.579. The fourth-order valence-electron chi connectivity index (χ4n) is 3.48. The maximum absolute atomic E-state index is 5.66. The van der Waals surface area contributed by atoms with Crippen LogP contribution in [0.4, 0.5) is 5.82 Å². The lowest BCUT2D eigenvalue weighted by molar-refractivity contribution is 0.0571. The summed E-state index contributed by atoms with van der Waals surface area (Å²) in [5.74, 6) is 3.54. The van der Waals surface area contributed by atoms with Gasteiger partial charge in [-0.05, 0) is 43.6 Å². The van der Waals surface area contributed by atoms with E-state index >= 15 is 0 Å². The summed E-state index contributed by atoms with van der Waals surface area (Å²) in [4.78, 5) is 14.9. The molecule has 8 heteroatoms. The van der Waals surface area contributed by atoms with Crippen molar-refractivity contribution in [3.63, 3.8) is 0 Å². The molecule has 0 spiro atoms. The van der Waals surface area contributed by atoms with Crippen LogP contribution in [0.1, 0.15) is 61.8 Å². The summed E-state index contributed by atoms with van der Waals surface area (Å²) in [6.45, 7) is 9.66. The van der Waals surface area contributed by atoms with Crippen molar-refractivity contribution in [3.8, 4) is 0 Å². The van der Waals surface area contributed by atoms with Gasteiger partial charge in [0.05, 0.1) is 5.39 Å². The van der Waals surface area contributed by atoms with Crippen LogP contribution in [0.25, 0.3) is 10.2 Å². The Kier molecular flexibility index (Phi) is 5.10. The lowest BCUT2D eigenvalue weighted by Gasteiger charge is -2.29. The van der Waals surface area contributed by atoms with Gasteiger partial charge in [0.15, 0.2) is 5.82 Å². The highest BCUT2D eigenvalue weighted by molar-refractivity contribution is 7.17. The maximum atomic E-state index is 5.66. The van der Waals surface area contributed by atoms with Crippen molar-refractivity contribution >= 4 is 27.4 Å². The SMILES string of the molecule is Cc1nc(N[C@@H](c2nc(C(C)C)no2)C2CCOCC2)c2c(C)csc2n1. The molecule has 3 aromatic heterocycles. The third kappa shape index (κ3) is 3.68. The molecule has 0 aliphatic carbocycles. The van der Waals surface area contributed by atoms with Gasteiger partial charge in [-0.1, -0.05) is 19.0 Å². The summed E-state index contributed by atoms with van der Waals surface area (Å²) in [5, 5.41) is 11.0. The minimum Gasteiger partial charge on any atom is -0.381 e. The zero-order chi connectivity index (χ0) is 19.0. The second-order valence-corrected chi connectivity index (χ2v) is 8.29. The molecule has 0 radical (unpaired) electrons. The number of fused-ring (bicyclic) bond motifs is 1. The summed E-state index contributed by atoms with van der Waals surface area (Å²) in [5.41, 5.74) is 1.18. The van der Waals surface area contributed by atoms with Crippen LogP contribution in [0.5, 0.6) is 0 Å². The van der Waals surface area contributed by atoms with E-state index in [1.807, 2.05) is 6.92 Å². The number of rotatable bonds is 5. The van der Waals surface area contributed by atoms with Gasteiger partial charge < -0.3 is 14.6 Å². The molecule has 27 heavy (non-hydrogen) atoms. The van der Waals surface area contributed by atoms with Gasteiger partial charge in [-0.2, -0.15) is 4.98 Å². The van der Waals surface area contributed by atoms with Crippen molar-refractivity contribution in [2.45, 2.75) is 52.5 Å². The number of nitrogens with zero attached hydrogens (tertiary/aromatic N) is 4. The van der Waals surface area contributed by atoms with Crippen LogP contribution in [0.3, 0.4) is 0 Å². The molecule has 1 aliphatic rings. The first-order valence-electron chi connectivity index (χ1n) is 9.43. The highest BCUT2D eigenvalue weighted by Gasteiger charge is 2.31. The maximum Gasteiger partial charge on any atom is 0.249 e. The highest BCUT2D eigenvalue weighted by Crippen LogP contribution is 2.36. The van der Waals surface area contributed by atoms with Crippen molar-refractivity contribution in [2.24, 2.45) is 5.92 Å². The first kappa shape index (κ1) is 18.3. The first-order valence-corrected chi connectivity index (χ1v) is 10.3. The third-order valence-corrected chi connectivity index (χ3v) is 5.99. The van der Waals surface area contributed by atoms with Gasteiger partial charge in [0.1, 0.15) is 22.5 Å². The standard InChI is InChI=1S/C19H25N5O2S/c1-10(2)16-23-18(26-24-16)15(13-5-7-25-8-6-13)22-17-14-11(3)9-27-19(14)21-12(4)20-17/h9-10,13,15H,5-8H2,1-4H3,(H,20,21,22)/t15-/m1/s1. The molecule has 1 N–H and O–H groups in total. The molecular formula is C19H25N5O2S. The number of ether oxygens (including phenoxy) is 1. The summed E-state index contributed by atoms with van der Waals surface area (Å²) in [7, 11) is 0. The molecular weight excluding hydrogens is 362 g/mol. The normalized spacial score (nSPS) is 16.9. The molecule has 0 aromatic carbocycles. The molecule has 1 saturated heterocycles. The van der Waals surface area contributed by atoms with Crippen LogP contribution in [-0.2, 0) is 4.74 Å². The number of hydrogen-bond donors (Lipinski definition) is 1. The van der Waals surface area contributed by atoms with Crippen LogP contribution in [-0.4, -0.2) is 33.3 Å². The summed E-state index contributed by atoms with van der Waals surface area (Å²) in [6, 6.07) is -0.0919. The van der Waals surface area contributed by atoms with E-state index in [1.54, 1.807) is 11.3 Å². The molecule has 4 rings (SSSR count). The Morgan fingerprint density at radius 3 is 2.63 bits per heavy atom. The van der Waals surface area contributed by atoms with Crippen LogP contribution in [0.15, 0.2) is 9.90 Å². The van der Waals surface area contributed by atoms with Gasteiger partial charge in [0.2, 0.25) is 5.89 Å². The number of hydrogen-bond acceptors (Lipinski definition) is 8. The third-order valence-electron chi connectivity index (χ3n) is 5.00. The topological polar surface area (TPSA) is 86.0 Å². The average molecular weight is 388 g/mol. The number of aryl methyl sites for hydroxylation is 2. The zero-order valence-electron chi connectivity index (χ0n) is 16.2. The summed E-state index contributed by atoms with van der Waals surface area (Å²) in [6.07, 6.45) is 1.90. The number of anilines is 1. The lowest BCUT2D eigenvalue weighted by atomic mass is 9.91. The largest absolute Gasteiger partial charge is 0.381 e. The summed E-state index contributed by atoms with van der Waals surface area (Å²) >= 11 is 1.65. The number of thiophene rings is 1. The van der Waals surface area contributed by atoms with Gasteiger partial charge in [0, 0.05) is 19.1 Å². The van der Waals surface area contributed by atoms with Crippen LogP contribution in [0, 0.1) is 19.8 Å². The Balaban J connectivity index is 1.73. The number of nitrogens with one attached hydrogen (secondary N) is 1. The van der Waals surface area contributed by atoms with E-state index in [1.165, 1.54) is 5.56 Å². The molecule has 0 bridgehead atoms. The van der Waals surface area contributed by atoms with E-state index < -0.39 is 0 Å². The van der Waals surface area contributed by atoms with Crippen molar-refractivity contribution in [2.75, 3.05) is 18.5 Å². The first-order chi connectivity index (χ1) is 13.0. The van der Waals surface area contributed by atoms with E-state index in [2.05, 4.69) is 46.6 Å². The van der Waals surface area contributed by atoms with Crippen molar-refractivity contribution in [1.82, 2.24) is 20.1 Å².